The quantitative estimate of drug-likeness (QED) is 0.519. The van der Waals surface area contributed by atoms with Gasteiger partial charge in [0.05, 0.1) is 31.8 Å². The molecule has 0 fully saturated rings. The zero-order valence-electron chi connectivity index (χ0n) is 13.8. The third kappa shape index (κ3) is 3.44. The van der Waals surface area contributed by atoms with Crippen LogP contribution in [0.5, 0.6) is 5.75 Å². The van der Waals surface area contributed by atoms with E-state index in [0.717, 1.165) is 11.1 Å². The number of benzene rings is 1. The number of hydrogen-bond acceptors (Lipinski definition) is 6. The van der Waals surface area contributed by atoms with Gasteiger partial charge in [-0.3, -0.25) is 0 Å². The summed E-state index contributed by atoms with van der Waals surface area (Å²) in [6.45, 7) is 0.579. The summed E-state index contributed by atoms with van der Waals surface area (Å²) in [5.41, 5.74) is 2.41. The van der Waals surface area contributed by atoms with E-state index in [1.54, 1.807) is 18.3 Å². The molecule has 0 atom stereocenters. The molecule has 1 aromatic carbocycles. The summed E-state index contributed by atoms with van der Waals surface area (Å²) in [4.78, 5) is 29.5. The molecule has 2 aromatic heterocycles. The number of hydrogen-bond donors (Lipinski definition) is 1. The lowest BCUT2D eigenvalue weighted by Crippen LogP contribution is -2.08. The van der Waals surface area contributed by atoms with Crippen molar-refractivity contribution in [3.63, 3.8) is 0 Å². The van der Waals surface area contributed by atoms with Crippen LogP contribution in [0.1, 0.15) is 21.7 Å². The summed E-state index contributed by atoms with van der Waals surface area (Å²) in [5.74, 6) is 0.125. The smallest absolute Gasteiger partial charge is 0.335 e. The molecule has 0 bridgehead atoms. The summed E-state index contributed by atoms with van der Waals surface area (Å²) in [6.07, 6.45) is 1.67. The molecule has 8 heteroatoms. The van der Waals surface area contributed by atoms with Gasteiger partial charge in [-0.25, -0.2) is 24.5 Å². The van der Waals surface area contributed by atoms with Gasteiger partial charge in [-0.1, -0.05) is 6.07 Å². The predicted molar refractivity (Wildman–Crippen MR) is 88.4 cm³/mol. The largest absolute Gasteiger partial charge is 0.496 e. The Morgan fingerprint density at radius 1 is 1.28 bits per heavy atom. The number of pyridine rings is 1. The van der Waals surface area contributed by atoms with E-state index in [9.17, 15) is 4.79 Å². The van der Waals surface area contributed by atoms with Crippen LogP contribution >= 0.6 is 0 Å². The van der Waals surface area contributed by atoms with Crippen molar-refractivity contribution in [3.05, 3.63) is 53.5 Å². The Kier molecular flexibility index (Phi) is 4.92. The number of imidazole rings is 1. The minimum Gasteiger partial charge on any atom is -0.496 e. The van der Waals surface area contributed by atoms with Gasteiger partial charge in [-0.2, -0.15) is 0 Å². The molecule has 0 aliphatic heterocycles. The first-order valence-corrected chi connectivity index (χ1v) is 7.50. The van der Waals surface area contributed by atoms with Gasteiger partial charge in [0.1, 0.15) is 18.2 Å². The third-order valence-corrected chi connectivity index (χ3v) is 3.77. The molecule has 0 spiro atoms. The van der Waals surface area contributed by atoms with Gasteiger partial charge >= 0.3 is 5.97 Å². The van der Waals surface area contributed by atoms with Crippen LogP contribution in [-0.4, -0.2) is 39.8 Å². The SMILES string of the molecule is COOCc1nc2ncccc2n1Cc1ccc(C(=O)O)cc1OC. The summed E-state index contributed by atoms with van der Waals surface area (Å²) in [5, 5.41) is 9.13. The zero-order chi connectivity index (χ0) is 17.8. The predicted octanol–water partition coefficient (Wildman–Crippen LogP) is 2.26. The molecule has 3 aromatic rings. The number of aromatic nitrogens is 3. The third-order valence-electron chi connectivity index (χ3n) is 3.77. The fraction of sp³-hybridized carbons (Fsp3) is 0.235. The second-order valence-electron chi connectivity index (χ2n) is 5.22. The summed E-state index contributed by atoms with van der Waals surface area (Å²) in [6, 6.07) is 8.50. The number of carboxylic acid groups (broad SMARTS) is 1. The maximum atomic E-state index is 11.1. The normalized spacial score (nSPS) is 11.0. The number of rotatable bonds is 7. The fourth-order valence-corrected chi connectivity index (χ4v) is 2.58. The van der Waals surface area contributed by atoms with E-state index >= 15 is 0 Å². The first-order valence-electron chi connectivity index (χ1n) is 7.50. The highest BCUT2D eigenvalue weighted by Crippen LogP contribution is 2.24. The van der Waals surface area contributed by atoms with Crippen LogP contribution in [0.4, 0.5) is 0 Å². The van der Waals surface area contributed by atoms with Crippen molar-refractivity contribution in [2.45, 2.75) is 13.2 Å². The van der Waals surface area contributed by atoms with Crippen molar-refractivity contribution in [2.24, 2.45) is 0 Å². The van der Waals surface area contributed by atoms with E-state index in [2.05, 4.69) is 14.9 Å². The molecule has 0 saturated carbocycles. The molecular formula is C17H17N3O5. The lowest BCUT2D eigenvalue weighted by Gasteiger charge is -2.13. The summed E-state index contributed by atoms with van der Waals surface area (Å²) >= 11 is 0. The van der Waals surface area contributed by atoms with Crippen molar-refractivity contribution in [3.8, 4) is 5.75 Å². The van der Waals surface area contributed by atoms with Crippen molar-refractivity contribution < 1.29 is 24.4 Å². The van der Waals surface area contributed by atoms with Crippen LogP contribution < -0.4 is 4.74 Å². The fourth-order valence-electron chi connectivity index (χ4n) is 2.58. The standard InChI is InChI=1S/C17H17N3O5/c1-23-14-8-11(17(21)22)5-6-12(14)9-20-13-4-3-7-18-16(13)19-15(20)10-25-24-2/h3-8H,9-10H2,1-2H3,(H,21,22). The van der Waals surface area contributed by atoms with Crippen LogP contribution in [0.25, 0.3) is 11.2 Å². The van der Waals surface area contributed by atoms with Crippen LogP contribution in [0, 0.1) is 0 Å². The van der Waals surface area contributed by atoms with E-state index < -0.39 is 5.97 Å². The van der Waals surface area contributed by atoms with Gasteiger partial charge in [-0.05, 0) is 24.3 Å². The molecule has 3 rings (SSSR count). The van der Waals surface area contributed by atoms with Crippen molar-refractivity contribution >= 4 is 17.1 Å². The van der Waals surface area contributed by atoms with E-state index in [0.29, 0.717) is 23.8 Å². The van der Waals surface area contributed by atoms with Gasteiger partial charge in [0.25, 0.3) is 0 Å². The Morgan fingerprint density at radius 2 is 2.12 bits per heavy atom. The zero-order valence-corrected chi connectivity index (χ0v) is 13.8. The molecule has 0 amide bonds. The second-order valence-corrected chi connectivity index (χ2v) is 5.22. The number of aromatic carboxylic acids is 1. The molecule has 0 aliphatic carbocycles. The maximum absolute atomic E-state index is 11.1. The van der Waals surface area contributed by atoms with Gasteiger partial charge in [0, 0.05) is 11.8 Å². The first-order chi connectivity index (χ1) is 12.1. The topological polar surface area (TPSA) is 95.7 Å². The first kappa shape index (κ1) is 16.9. The Balaban J connectivity index is 2.03. The monoisotopic (exact) mass is 343 g/mol. The Hall–Kier alpha value is -2.97. The molecule has 1 N–H and O–H groups in total. The van der Waals surface area contributed by atoms with Crippen LogP contribution in [0.15, 0.2) is 36.5 Å². The summed E-state index contributed by atoms with van der Waals surface area (Å²) < 4.78 is 7.28. The van der Waals surface area contributed by atoms with E-state index in [1.165, 1.54) is 20.3 Å². The molecule has 8 nitrogen and oxygen atoms in total. The highest BCUT2D eigenvalue weighted by molar-refractivity contribution is 5.88. The second kappa shape index (κ2) is 7.29. The molecule has 0 radical (unpaired) electrons. The van der Waals surface area contributed by atoms with Crippen LogP contribution in [0.3, 0.4) is 0 Å². The highest BCUT2D eigenvalue weighted by atomic mass is 17.2. The molecule has 130 valence electrons. The van der Waals surface area contributed by atoms with Crippen molar-refractivity contribution in [2.75, 3.05) is 14.2 Å². The van der Waals surface area contributed by atoms with Gasteiger partial charge in [-0.15, -0.1) is 0 Å². The minimum absolute atomic E-state index is 0.155. The molecule has 0 saturated heterocycles. The number of fused-ring (bicyclic) bond motifs is 1. The molecule has 2 heterocycles. The van der Waals surface area contributed by atoms with E-state index in [-0.39, 0.29) is 12.2 Å². The minimum atomic E-state index is -1.00. The Labute approximate surface area is 143 Å². The number of ether oxygens (including phenoxy) is 1. The average Bonchev–Trinajstić information content (AvgIpc) is 2.97. The van der Waals surface area contributed by atoms with Gasteiger partial charge in [0.2, 0.25) is 0 Å². The van der Waals surface area contributed by atoms with Gasteiger partial charge < -0.3 is 14.4 Å². The number of methoxy groups -OCH3 is 1. The van der Waals surface area contributed by atoms with E-state index in [1.807, 2.05) is 16.7 Å². The Morgan fingerprint density at radius 3 is 2.84 bits per heavy atom. The Bertz CT molecular complexity index is 906. The van der Waals surface area contributed by atoms with Gasteiger partial charge in [0.15, 0.2) is 5.65 Å². The molecule has 25 heavy (non-hydrogen) atoms. The number of carboxylic acids is 1. The number of carbonyl (C=O) groups is 1. The van der Waals surface area contributed by atoms with Crippen molar-refractivity contribution in [1.82, 2.24) is 14.5 Å². The van der Waals surface area contributed by atoms with Crippen molar-refractivity contribution in [1.29, 1.82) is 0 Å². The van der Waals surface area contributed by atoms with Crippen LogP contribution in [-0.2, 0) is 22.9 Å². The molecule has 0 unspecified atom stereocenters. The molecular weight excluding hydrogens is 326 g/mol. The highest BCUT2D eigenvalue weighted by Gasteiger charge is 2.15. The summed E-state index contributed by atoms with van der Waals surface area (Å²) in [7, 11) is 2.94. The lowest BCUT2D eigenvalue weighted by molar-refractivity contribution is -0.283. The number of nitrogens with zero attached hydrogens (tertiary/aromatic N) is 3. The van der Waals surface area contributed by atoms with Crippen LogP contribution in [0.2, 0.25) is 0 Å². The molecule has 0 aliphatic rings. The average molecular weight is 343 g/mol. The van der Waals surface area contributed by atoms with E-state index in [4.69, 9.17) is 14.7 Å². The maximum Gasteiger partial charge on any atom is 0.335 e. The lowest BCUT2D eigenvalue weighted by atomic mass is 10.1.